The van der Waals surface area contributed by atoms with Crippen molar-refractivity contribution in [3.05, 3.63) is 28.6 Å². The van der Waals surface area contributed by atoms with Crippen LogP contribution in [0.25, 0.3) is 10.2 Å². The van der Waals surface area contributed by atoms with E-state index in [0.717, 1.165) is 42.0 Å². The van der Waals surface area contributed by atoms with Crippen LogP contribution in [0.2, 0.25) is 0 Å². The maximum Gasteiger partial charge on any atom is 0.340 e. The van der Waals surface area contributed by atoms with Crippen LogP contribution in [0.5, 0.6) is 11.5 Å². The molecule has 0 unspecified atom stereocenters. The van der Waals surface area contributed by atoms with Gasteiger partial charge in [-0.15, -0.1) is 11.3 Å². The summed E-state index contributed by atoms with van der Waals surface area (Å²) in [4.78, 5) is 38.3. The number of aromatic nitrogens is 2. The zero-order chi connectivity index (χ0) is 23.5. The molecule has 0 aliphatic carbocycles. The second-order valence-electron chi connectivity index (χ2n) is 7.26. The van der Waals surface area contributed by atoms with Crippen molar-refractivity contribution < 1.29 is 23.8 Å². The Labute approximate surface area is 199 Å². The molecule has 1 amide bonds. The predicted octanol–water partition coefficient (Wildman–Crippen LogP) is 4.07. The van der Waals surface area contributed by atoms with E-state index >= 15 is 0 Å². The van der Waals surface area contributed by atoms with Gasteiger partial charge in [0.1, 0.15) is 10.6 Å². The number of hydrogen-bond donors (Lipinski definition) is 1. The number of carbonyl (C=O) groups excluding carboxylic acids is 2. The van der Waals surface area contributed by atoms with Gasteiger partial charge >= 0.3 is 5.97 Å². The first-order chi connectivity index (χ1) is 16.0. The fourth-order valence-electron chi connectivity index (χ4n) is 3.71. The van der Waals surface area contributed by atoms with Crippen molar-refractivity contribution in [3.8, 4) is 11.5 Å². The normalized spacial score (nSPS) is 13.3. The van der Waals surface area contributed by atoms with E-state index in [9.17, 15) is 9.59 Å². The highest BCUT2D eigenvalue weighted by Gasteiger charge is 2.23. The molecule has 1 aliphatic heterocycles. The Balaban J connectivity index is 1.72. The van der Waals surface area contributed by atoms with Gasteiger partial charge < -0.3 is 24.4 Å². The topological polar surface area (TPSA) is 103 Å². The van der Waals surface area contributed by atoms with Crippen LogP contribution in [0.1, 0.15) is 32.9 Å². The Morgan fingerprint density at radius 2 is 1.76 bits per heavy atom. The summed E-state index contributed by atoms with van der Waals surface area (Å²) in [6, 6.07) is 4.83. The number of ether oxygens (including phenoxy) is 3. The summed E-state index contributed by atoms with van der Waals surface area (Å²) in [7, 11) is 4.23. The Bertz CT molecular complexity index is 1210. The van der Waals surface area contributed by atoms with E-state index < -0.39 is 5.97 Å². The molecule has 3 aromatic rings. The number of nitrogens with one attached hydrogen (secondary N) is 1. The van der Waals surface area contributed by atoms with Crippen LogP contribution in [-0.4, -0.2) is 62.5 Å². The number of methoxy groups -OCH3 is 3. The first-order valence-electron chi connectivity index (χ1n) is 10.2. The van der Waals surface area contributed by atoms with Crippen LogP contribution in [0.15, 0.2) is 23.4 Å². The van der Waals surface area contributed by atoms with Crippen molar-refractivity contribution in [1.82, 2.24) is 9.97 Å². The van der Waals surface area contributed by atoms with Crippen LogP contribution in [0.3, 0.4) is 0 Å². The number of thiophene rings is 1. The van der Waals surface area contributed by atoms with Crippen LogP contribution >= 0.6 is 23.1 Å². The van der Waals surface area contributed by atoms with Gasteiger partial charge in [0.25, 0.3) is 5.91 Å². The van der Waals surface area contributed by atoms with Gasteiger partial charge in [-0.25, -0.2) is 14.8 Å². The lowest BCUT2D eigenvalue weighted by Gasteiger charge is -2.17. The summed E-state index contributed by atoms with van der Waals surface area (Å²) < 4.78 is 15.5. The van der Waals surface area contributed by atoms with E-state index in [1.54, 1.807) is 0 Å². The summed E-state index contributed by atoms with van der Waals surface area (Å²) in [5, 5.41) is 4.34. The molecular formula is C22H24N4O5S2. The van der Waals surface area contributed by atoms with Crippen molar-refractivity contribution in [2.75, 3.05) is 50.9 Å². The molecule has 11 heteroatoms. The molecule has 0 spiro atoms. The van der Waals surface area contributed by atoms with Crippen molar-refractivity contribution in [2.24, 2.45) is 0 Å². The lowest BCUT2D eigenvalue weighted by atomic mass is 10.1. The number of nitrogens with zero attached hydrogens (tertiary/aromatic N) is 3. The molecule has 1 aromatic carbocycles. The Morgan fingerprint density at radius 1 is 1.06 bits per heavy atom. The first-order valence-corrected chi connectivity index (χ1v) is 12.3. The monoisotopic (exact) mass is 488 g/mol. The summed E-state index contributed by atoms with van der Waals surface area (Å²) in [5.74, 6) is 0.623. The highest BCUT2D eigenvalue weighted by atomic mass is 32.2. The van der Waals surface area contributed by atoms with E-state index in [2.05, 4.69) is 15.2 Å². The average Bonchev–Trinajstić information content (AvgIpc) is 3.52. The minimum absolute atomic E-state index is 0.159. The molecular weight excluding hydrogens is 464 g/mol. The molecule has 4 rings (SSSR count). The minimum atomic E-state index is -0.602. The Morgan fingerprint density at radius 3 is 2.39 bits per heavy atom. The van der Waals surface area contributed by atoms with Crippen molar-refractivity contribution >= 4 is 56.7 Å². The number of hydrogen-bond acceptors (Lipinski definition) is 10. The van der Waals surface area contributed by atoms with Crippen LogP contribution in [0.4, 0.5) is 11.5 Å². The lowest BCUT2D eigenvalue weighted by molar-refractivity contribution is 0.0601. The van der Waals surface area contributed by atoms with E-state index in [0.29, 0.717) is 21.5 Å². The molecule has 33 heavy (non-hydrogen) atoms. The molecule has 3 heterocycles. The number of esters is 1. The molecule has 9 nitrogen and oxygen atoms in total. The number of fused-ring (bicyclic) bond motifs is 1. The van der Waals surface area contributed by atoms with E-state index in [1.165, 1.54) is 56.6 Å². The van der Waals surface area contributed by atoms with Crippen molar-refractivity contribution in [2.45, 2.75) is 18.0 Å². The molecule has 1 fully saturated rings. The summed E-state index contributed by atoms with van der Waals surface area (Å²) in [5.41, 5.74) is 0.421. The molecule has 0 bridgehead atoms. The summed E-state index contributed by atoms with van der Waals surface area (Å²) in [6.45, 7) is 1.87. The standard InChI is InChI=1S/C22H24N4O5S2/c1-29-15-9-12(21(28)31-3)14(11-16(15)30-2)23-19(27)17-10-13-18(26-7-5-6-8-26)24-22(32-4)25-20(13)33-17/h9-11H,5-8H2,1-4H3,(H,23,27). The molecule has 1 N–H and O–H groups in total. The maximum atomic E-state index is 13.2. The molecule has 174 valence electrons. The Hall–Kier alpha value is -3.05. The number of anilines is 2. The van der Waals surface area contributed by atoms with Crippen LogP contribution < -0.4 is 19.7 Å². The number of amides is 1. The van der Waals surface area contributed by atoms with Crippen LogP contribution in [-0.2, 0) is 4.74 Å². The third kappa shape index (κ3) is 4.55. The Kier molecular flexibility index (Phi) is 6.89. The van der Waals surface area contributed by atoms with Gasteiger partial charge in [-0.05, 0) is 25.2 Å². The van der Waals surface area contributed by atoms with Gasteiger partial charge in [0, 0.05) is 25.2 Å². The second-order valence-corrected chi connectivity index (χ2v) is 9.06. The summed E-state index contributed by atoms with van der Waals surface area (Å²) in [6.07, 6.45) is 4.17. The number of thioether (sulfide) groups is 1. The molecule has 0 saturated carbocycles. The van der Waals surface area contributed by atoms with Crippen molar-refractivity contribution in [1.29, 1.82) is 0 Å². The van der Waals surface area contributed by atoms with E-state index in [-0.39, 0.29) is 17.2 Å². The minimum Gasteiger partial charge on any atom is -0.493 e. The molecule has 0 radical (unpaired) electrons. The fraction of sp³-hybridized carbons (Fsp3) is 0.364. The quantitative estimate of drug-likeness (QED) is 0.299. The van der Waals surface area contributed by atoms with Gasteiger partial charge in [-0.3, -0.25) is 4.79 Å². The van der Waals surface area contributed by atoms with Crippen molar-refractivity contribution in [3.63, 3.8) is 0 Å². The van der Waals surface area contributed by atoms with E-state index in [1.807, 2.05) is 12.3 Å². The average molecular weight is 489 g/mol. The van der Waals surface area contributed by atoms with Crippen LogP contribution in [0, 0.1) is 0 Å². The summed E-state index contributed by atoms with van der Waals surface area (Å²) >= 11 is 2.76. The van der Waals surface area contributed by atoms with Gasteiger partial charge in [-0.2, -0.15) is 0 Å². The zero-order valence-electron chi connectivity index (χ0n) is 18.8. The highest BCUT2D eigenvalue weighted by Crippen LogP contribution is 2.36. The largest absolute Gasteiger partial charge is 0.493 e. The van der Waals surface area contributed by atoms with E-state index in [4.69, 9.17) is 19.2 Å². The third-order valence-corrected chi connectivity index (χ3v) is 6.92. The van der Waals surface area contributed by atoms with Gasteiger partial charge in [-0.1, -0.05) is 11.8 Å². The lowest BCUT2D eigenvalue weighted by Crippen LogP contribution is -2.19. The highest BCUT2D eigenvalue weighted by molar-refractivity contribution is 7.98. The fourth-order valence-corrected chi connectivity index (χ4v) is 5.04. The zero-order valence-corrected chi connectivity index (χ0v) is 20.4. The molecule has 0 atom stereocenters. The second kappa shape index (κ2) is 9.84. The SMILES string of the molecule is COC(=O)c1cc(OC)c(OC)cc1NC(=O)c1cc2c(N3CCCC3)nc(SC)nc2s1. The number of rotatable bonds is 7. The first kappa shape index (κ1) is 23.1. The maximum absolute atomic E-state index is 13.2. The van der Waals surface area contributed by atoms with Gasteiger partial charge in [0.2, 0.25) is 0 Å². The predicted molar refractivity (Wildman–Crippen MR) is 129 cm³/mol. The van der Waals surface area contributed by atoms with Gasteiger partial charge in [0.05, 0.1) is 42.8 Å². The number of benzene rings is 1. The molecule has 2 aromatic heterocycles. The smallest absolute Gasteiger partial charge is 0.340 e. The molecule has 1 saturated heterocycles. The third-order valence-electron chi connectivity index (χ3n) is 5.34. The number of carbonyl (C=O) groups is 2. The molecule has 1 aliphatic rings. The van der Waals surface area contributed by atoms with Gasteiger partial charge in [0.15, 0.2) is 16.7 Å².